The highest BCUT2D eigenvalue weighted by atomic mass is 16.7. The molecule has 3 atom stereocenters. The Morgan fingerprint density at radius 3 is 2.41 bits per heavy atom. The number of carboxylic acid groups (broad SMARTS) is 1. The predicted molar refractivity (Wildman–Crippen MR) is 55.4 cm³/mol. The molecule has 0 aromatic carbocycles. The fourth-order valence-corrected chi connectivity index (χ4v) is 0.980. The Hall–Kier alpha value is -1.31. The van der Waals surface area contributed by atoms with Gasteiger partial charge < -0.3 is 24.1 Å². The van der Waals surface area contributed by atoms with Crippen molar-refractivity contribution < 1.29 is 33.7 Å². The first kappa shape index (κ1) is 15.7. The minimum Gasteiger partial charge on any atom is -0.480 e. The van der Waals surface area contributed by atoms with Crippen molar-refractivity contribution in [2.45, 2.75) is 19.3 Å². The summed E-state index contributed by atoms with van der Waals surface area (Å²) in [5, 5.41) is 8.38. The van der Waals surface area contributed by atoms with Crippen LogP contribution in [0.2, 0.25) is 0 Å². The van der Waals surface area contributed by atoms with Gasteiger partial charge in [-0.25, -0.2) is 4.79 Å². The van der Waals surface area contributed by atoms with Crippen molar-refractivity contribution in [1.29, 1.82) is 0 Å². The van der Waals surface area contributed by atoms with Crippen molar-refractivity contribution in [3.05, 3.63) is 0 Å². The summed E-state index contributed by atoms with van der Waals surface area (Å²) in [6, 6.07) is 0. The molecule has 0 aliphatic carbocycles. The standard InChI is InChI=1S/C10H16O7/c1-7(3-11)8(5-16-6-9(13)14)17-10(4-12)15-2/h3-4,7-8,10H,5-6H2,1-2H3,(H,13,14). The number of aldehydes is 2. The van der Waals surface area contributed by atoms with Crippen LogP contribution in [0.1, 0.15) is 6.92 Å². The predicted octanol–water partition coefficient (Wildman–Crippen LogP) is -0.521. The smallest absolute Gasteiger partial charge is 0.329 e. The number of aliphatic carboxylic acids is 1. The molecule has 0 heterocycles. The second kappa shape index (κ2) is 8.80. The lowest BCUT2D eigenvalue weighted by molar-refractivity contribution is -0.181. The van der Waals surface area contributed by atoms with Gasteiger partial charge in [0, 0.05) is 13.0 Å². The van der Waals surface area contributed by atoms with E-state index >= 15 is 0 Å². The second-order valence-electron chi connectivity index (χ2n) is 3.32. The lowest BCUT2D eigenvalue weighted by Crippen LogP contribution is -2.34. The molecule has 1 N–H and O–H groups in total. The van der Waals surface area contributed by atoms with Crippen LogP contribution < -0.4 is 0 Å². The van der Waals surface area contributed by atoms with E-state index in [2.05, 4.69) is 4.74 Å². The van der Waals surface area contributed by atoms with Crippen molar-refractivity contribution in [3.8, 4) is 0 Å². The Morgan fingerprint density at radius 1 is 1.35 bits per heavy atom. The lowest BCUT2D eigenvalue weighted by atomic mass is 10.1. The van der Waals surface area contributed by atoms with E-state index in [4.69, 9.17) is 14.6 Å². The molecule has 17 heavy (non-hydrogen) atoms. The van der Waals surface area contributed by atoms with Gasteiger partial charge in [-0.3, -0.25) is 4.79 Å². The summed E-state index contributed by atoms with van der Waals surface area (Å²) in [5.74, 6) is -1.66. The molecule has 0 spiro atoms. The van der Waals surface area contributed by atoms with Crippen molar-refractivity contribution in [2.24, 2.45) is 5.92 Å². The third-order valence-corrected chi connectivity index (χ3v) is 1.96. The van der Waals surface area contributed by atoms with E-state index in [0.717, 1.165) is 0 Å². The maximum Gasteiger partial charge on any atom is 0.329 e. The zero-order valence-electron chi connectivity index (χ0n) is 9.70. The number of hydrogen-bond donors (Lipinski definition) is 1. The summed E-state index contributed by atoms with van der Waals surface area (Å²) in [7, 11) is 1.28. The third kappa shape index (κ3) is 6.77. The normalized spacial score (nSPS) is 15.9. The topological polar surface area (TPSA) is 99.1 Å². The molecular weight excluding hydrogens is 232 g/mol. The van der Waals surface area contributed by atoms with E-state index in [1.165, 1.54) is 7.11 Å². The Morgan fingerprint density at radius 2 is 2.00 bits per heavy atom. The Kier molecular flexibility index (Phi) is 8.12. The highest BCUT2D eigenvalue weighted by molar-refractivity contribution is 5.68. The summed E-state index contributed by atoms with van der Waals surface area (Å²) < 4.78 is 14.6. The Labute approximate surface area is 98.6 Å². The maximum absolute atomic E-state index is 10.6. The first-order chi connectivity index (χ1) is 8.04. The number of methoxy groups -OCH3 is 1. The zero-order chi connectivity index (χ0) is 13.3. The molecule has 0 aromatic heterocycles. The summed E-state index contributed by atoms with van der Waals surface area (Å²) in [4.78, 5) is 31.4. The van der Waals surface area contributed by atoms with E-state index < -0.39 is 30.9 Å². The van der Waals surface area contributed by atoms with Gasteiger partial charge in [-0.05, 0) is 0 Å². The number of rotatable bonds is 10. The largest absolute Gasteiger partial charge is 0.480 e. The minimum atomic E-state index is -1.12. The molecule has 3 unspecified atom stereocenters. The van der Waals surface area contributed by atoms with Crippen LogP contribution in [0.3, 0.4) is 0 Å². The average Bonchev–Trinajstić information content (AvgIpc) is 2.32. The molecule has 0 aliphatic rings. The molecule has 0 fully saturated rings. The number of hydrogen-bond acceptors (Lipinski definition) is 6. The molecule has 0 rings (SSSR count). The van der Waals surface area contributed by atoms with Crippen molar-refractivity contribution in [1.82, 2.24) is 0 Å². The van der Waals surface area contributed by atoms with E-state index in [9.17, 15) is 14.4 Å². The van der Waals surface area contributed by atoms with Crippen molar-refractivity contribution in [2.75, 3.05) is 20.3 Å². The van der Waals surface area contributed by atoms with E-state index in [-0.39, 0.29) is 6.61 Å². The van der Waals surface area contributed by atoms with Crippen LogP contribution in [0.25, 0.3) is 0 Å². The number of carboxylic acids is 1. The Balaban J connectivity index is 4.27. The van der Waals surface area contributed by atoms with E-state index in [1.807, 2.05) is 0 Å². The van der Waals surface area contributed by atoms with Gasteiger partial charge >= 0.3 is 5.97 Å². The van der Waals surface area contributed by atoms with Gasteiger partial charge in [-0.1, -0.05) is 6.92 Å². The van der Waals surface area contributed by atoms with E-state index in [0.29, 0.717) is 12.6 Å². The zero-order valence-corrected chi connectivity index (χ0v) is 9.70. The van der Waals surface area contributed by atoms with Crippen LogP contribution in [0.15, 0.2) is 0 Å². The quantitative estimate of drug-likeness (QED) is 0.410. The molecule has 7 heteroatoms. The van der Waals surface area contributed by atoms with Gasteiger partial charge in [-0.2, -0.15) is 0 Å². The highest BCUT2D eigenvalue weighted by Gasteiger charge is 2.22. The van der Waals surface area contributed by atoms with E-state index in [1.54, 1.807) is 6.92 Å². The third-order valence-electron chi connectivity index (χ3n) is 1.96. The summed E-state index contributed by atoms with van der Waals surface area (Å²) in [6.45, 7) is 0.962. The maximum atomic E-state index is 10.6. The lowest BCUT2D eigenvalue weighted by Gasteiger charge is -2.22. The molecule has 0 aromatic rings. The van der Waals surface area contributed by atoms with Crippen molar-refractivity contribution in [3.63, 3.8) is 0 Å². The van der Waals surface area contributed by atoms with Crippen LogP contribution >= 0.6 is 0 Å². The number of ether oxygens (including phenoxy) is 3. The van der Waals surface area contributed by atoms with Crippen LogP contribution in [0.5, 0.6) is 0 Å². The van der Waals surface area contributed by atoms with Gasteiger partial charge in [0.1, 0.15) is 12.9 Å². The van der Waals surface area contributed by atoms with Gasteiger partial charge in [0.2, 0.25) is 6.29 Å². The van der Waals surface area contributed by atoms with Gasteiger partial charge in [0.25, 0.3) is 0 Å². The van der Waals surface area contributed by atoms with Gasteiger partial charge in [0.05, 0.1) is 12.7 Å². The van der Waals surface area contributed by atoms with Crippen LogP contribution in [0, 0.1) is 5.92 Å². The first-order valence-corrected chi connectivity index (χ1v) is 4.93. The summed E-state index contributed by atoms with van der Waals surface area (Å²) in [6.07, 6.45) is -0.772. The molecule has 0 aliphatic heterocycles. The van der Waals surface area contributed by atoms with Crippen LogP contribution in [-0.2, 0) is 28.6 Å². The van der Waals surface area contributed by atoms with Gasteiger partial charge in [0.15, 0.2) is 6.29 Å². The molecular formula is C10H16O7. The SMILES string of the molecule is COC(C=O)OC(COCC(=O)O)C(C)C=O. The van der Waals surface area contributed by atoms with Crippen molar-refractivity contribution >= 4 is 18.5 Å². The fourth-order valence-electron chi connectivity index (χ4n) is 0.980. The van der Waals surface area contributed by atoms with Crippen LogP contribution in [-0.4, -0.2) is 56.4 Å². The number of carbonyl (C=O) groups is 3. The first-order valence-electron chi connectivity index (χ1n) is 4.93. The summed E-state index contributed by atoms with van der Waals surface area (Å²) in [5.41, 5.74) is 0. The minimum absolute atomic E-state index is 0.111. The molecule has 0 bridgehead atoms. The molecule has 0 saturated heterocycles. The second-order valence-corrected chi connectivity index (χ2v) is 3.32. The Bertz CT molecular complexity index is 253. The highest BCUT2D eigenvalue weighted by Crippen LogP contribution is 2.08. The molecule has 0 radical (unpaired) electrons. The monoisotopic (exact) mass is 248 g/mol. The van der Waals surface area contributed by atoms with Gasteiger partial charge in [-0.15, -0.1) is 0 Å². The summed E-state index contributed by atoms with van der Waals surface area (Å²) >= 11 is 0. The molecule has 98 valence electrons. The molecule has 0 saturated carbocycles. The number of carbonyl (C=O) groups excluding carboxylic acids is 2. The van der Waals surface area contributed by atoms with Crippen LogP contribution in [0.4, 0.5) is 0 Å². The molecule has 7 nitrogen and oxygen atoms in total. The average molecular weight is 248 g/mol. The molecule has 0 amide bonds. The fraction of sp³-hybridized carbons (Fsp3) is 0.700.